The molecule has 4 rings (SSSR count). The van der Waals surface area contributed by atoms with E-state index in [4.69, 9.17) is 0 Å². The SMILES string of the molecule is Cc1nc(/C=N\n2cnc3c(cnn3-c3ccccc3)c2=O)cs1. The lowest BCUT2D eigenvalue weighted by Gasteiger charge is -2.02. The summed E-state index contributed by atoms with van der Waals surface area (Å²) < 4.78 is 2.82. The number of rotatable bonds is 3. The van der Waals surface area contributed by atoms with Crippen molar-refractivity contribution in [3.8, 4) is 5.69 Å². The van der Waals surface area contributed by atoms with Crippen LogP contribution in [0.15, 0.2) is 58.1 Å². The molecule has 0 saturated carbocycles. The van der Waals surface area contributed by atoms with Crippen molar-refractivity contribution in [2.75, 3.05) is 0 Å². The highest BCUT2D eigenvalue weighted by atomic mass is 32.1. The van der Waals surface area contributed by atoms with Crippen molar-refractivity contribution in [2.45, 2.75) is 6.92 Å². The van der Waals surface area contributed by atoms with Crippen molar-refractivity contribution >= 4 is 28.6 Å². The van der Waals surface area contributed by atoms with E-state index in [-0.39, 0.29) is 5.56 Å². The van der Waals surface area contributed by atoms with Gasteiger partial charge in [-0.15, -0.1) is 11.3 Å². The molecular formula is C16H12N6OS. The van der Waals surface area contributed by atoms with Crippen LogP contribution >= 0.6 is 11.3 Å². The summed E-state index contributed by atoms with van der Waals surface area (Å²) in [6.07, 6.45) is 4.44. The molecule has 7 nitrogen and oxygen atoms in total. The molecule has 0 aliphatic rings. The fraction of sp³-hybridized carbons (Fsp3) is 0.0625. The largest absolute Gasteiger partial charge is 0.285 e. The number of para-hydroxylation sites is 1. The minimum Gasteiger partial charge on any atom is -0.266 e. The number of thiazole rings is 1. The van der Waals surface area contributed by atoms with Crippen LogP contribution in [0.1, 0.15) is 10.7 Å². The molecule has 0 unspecified atom stereocenters. The fourth-order valence-corrected chi connectivity index (χ4v) is 2.87. The molecule has 1 aromatic carbocycles. The van der Waals surface area contributed by atoms with Crippen LogP contribution in [0.4, 0.5) is 0 Å². The van der Waals surface area contributed by atoms with Gasteiger partial charge in [-0.05, 0) is 19.1 Å². The van der Waals surface area contributed by atoms with Gasteiger partial charge in [0.1, 0.15) is 11.7 Å². The zero-order chi connectivity index (χ0) is 16.5. The summed E-state index contributed by atoms with van der Waals surface area (Å²) >= 11 is 1.53. The molecule has 0 amide bonds. The predicted octanol–water partition coefficient (Wildman–Crippen LogP) is 2.23. The summed E-state index contributed by atoms with van der Waals surface area (Å²) in [6.45, 7) is 1.92. The van der Waals surface area contributed by atoms with Gasteiger partial charge < -0.3 is 0 Å². The summed E-state index contributed by atoms with van der Waals surface area (Å²) in [6, 6.07) is 9.55. The lowest BCUT2D eigenvalue weighted by Crippen LogP contribution is -2.17. The average molecular weight is 336 g/mol. The maximum Gasteiger partial charge on any atom is 0.285 e. The van der Waals surface area contributed by atoms with Gasteiger partial charge in [-0.1, -0.05) is 18.2 Å². The number of aromatic nitrogens is 5. The van der Waals surface area contributed by atoms with Crippen LogP contribution in [-0.2, 0) is 0 Å². The molecule has 0 saturated heterocycles. The molecule has 8 heteroatoms. The van der Waals surface area contributed by atoms with Gasteiger partial charge in [-0.3, -0.25) is 4.79 Å². The van der Waals surface area contributed by atoms with Crippen molar-refractivity contribution in [3.63, 3.8) is 0 Å². The summed E-state index contributed by atoms with van der Waals surface area (Å²) in [4.78, 5) is 21.1. The van der Waals surface area contributed by atoms with E-state index < -0.39 is 0 Å². The van der Waals surface area contributed by atoms with E-state index in [1.807, 2.05) is 42.6 Å². The Kier molecular flexibility index (Phi) is 3.51. The first kappa shape index (κ1) is 14.5. The minimum atomic E-state index is -0.273. The van der Waals surface area contributed by atoms with E-state index in [2.05, 4.69) is 20.2 Å². The lowest BCUT2D eigenvalue weighted by molar-refractivity contribution is 0.809. The molecule has 118 valence electrons. The normalized spacial score (nSPS) is 11.5. The van der Waals surface area contributed by atoms with Gasteiger partial charge >= 0.3 is 0 Å². The smallest absolute Gasteiger partial charge is 0.266 e. The number of benzene rings is 1. The van der Waals surface area contributed by atoms with E-state index in [1.165, 1.54) is 28.5 Å². The van der Waals surface area contributed by atoms with Crippen LogP contribution in [0.5, 0.6) is 0 Å². The molecule has 0 aliphatic heterocycles. The van der Waals surface area contributed by atoms with E-state index >= 15 is 0 Å². The highest BCUT2D eigenvalue weighted by Crippen LogP contribution is 2.13. The molecule has 0 radical (unpaired) electrons. The van der Waals surface area contributed by atoms with Gasteiger partial charge in [0.2, 0.25) is 0 Å². The molecule has 3 aromatic heterocycles. The third kappa shape index (κ3) is 2.52. The number of fused-ring (bicyclic) bond motifs is 1. The van der Waals surface area contributed by atoms with Crippen LogP contribution in [0.2, 0.25) is 0 Å². The Balaban J connectivity index is 1.77. The second-order valence-electron chi connectivity index (χ2n) is 5.06. The van der Waals surface area contributed by atoms with E-state index in [0.29, 0.717) is 16.7 Å². The van der Waals surface area contributed by atoms with E-state index in [9.17, 15) is 4.79 Å². The Hall–Kier alpha value is -3.13. The first-order valence-corrected chi connectivity index (χ1v) is 8.07. The monoisotopic (exact) mass is 336 g/mol. The minimum absolute atomic E-state index is 0.273. The molecular weight excluding hydrogens is 324 g/mol. The topological polar surface area (TPSA) is 78.0 Å². The van der Waals surface area contributed by atoms with E-state index in [0.717, 1.165) is 10.7 Å². The molecule has 0 aliphatic carbocycles. The average Bonchev–Trinajstić information content (AvgIpc) is 3.22. The summed E-state index contributed by atoms with van der Waals surface area (Å²) in [5.41, 5.74) is 1.79. The number of nitrogens with zero attached hydrogens (tertiary/aromatic N) is 6. The van der Waals surface area contributed by atoms with Crippen molar-refractivity contribution in [1.29, 1.82) is 0 Å². The summed E-state index contributed by atoms with van der Waals surface area (Å²) in [5, 5.41) is 11.6. The zero-order valence-electron chi connectivity index (χ0n) is 12.7. The Bertz CT molecular complexity index is 1090. The molecule has 0 atom stereocenters. The first-order chi connectivity index (χ1) is 11.7. The molecule has 0 bridgehead atoms. The van der Waals surface area contributed by atoms with Gasteiger partial charge in [-0.2, -0.15) is 14.9 Å². The van der Waals surface area contributed by atoms with Crippen molar-refractivity contribution in [1.82, 2.24) is 24.4 Å². The van der Waals surface area contributed by atoms with Gasteiger partial charge in [0.05, 0.1) is 28.8 Å². The van der Waals surface area contributed by atoms with Crippen LogP contribution in [0.3, 0.4) is 0 Å². The lowest BCUT2D eigenvalue weighted by atomic mass is 10.3. The predicted molar refractivity (Wildman–Crippen MR) is 93.0 cm³/mol. The van der Waals surface area contributed by atoms with Gasteiger partial charge in [0.15, 0.2) is 5.65 Å². The number of hydrogen-bond acceptors (Lipinski definition) is 6. The second-order valence-corrected chi connectivity index (χ2v) is 6.12. The Morgan fingerprint density at radius 2 is 2.08 bits per heavy atom. The molecule has 0 fully saturated rings. The Morgan fingerprint density at radius 1 is 1.25 bits per heavy atom. The van der Waals surface area contributed by atoms with Crippen LogP contribution < -0.4 is 5.56 Å². The second kappa shape index (κ2) is 5.82. The summed E-state index contributed by atoms with van der Waals surface area (Å²) in [5.74, 6) is 0. The van der Waals surface area contributed by atoms with Crippen molar-refractivity contribution in [3.05, 3.63) is 69.3 Å². The van der Waals surface area contributed by atoms with E-state index in [1.54, 1.807) is 10.9 Å². The fourth-order valence-electron chi connectivity index (χ4n) is 2.30. The number of aryl methyl sites for hydroxylation is 1. The van der Waals surface area contributed by atoms with Crippen LogP contribution in [-0.4, -0.2) is 30.6 Å². The van der Waals surface area contributed by atoms with Crippen molar-refractivity contribution in [2.24, 2.45) is 5.10 Å². The van der Waals surface area contributed by atoms with Gasteiger partial charge in [0, 0.05) is 5.38 Å². The Morgan fingerprint density at radius 3 is 2.83 bits per heavy atom. The van der Waals surface area contributed by atoms with Crippen LogP contribution in [0, 0.1) is 6.92 Å². The third-order valence-electron chi connectivity index (χ3n) is 3.42. The van der Waals surface area contributed by atoms with Crippen molar-refractivity contribution < 1.29 is 0 Å². The highest BCUT2D eigenvalue weighted by molar-refractivity contribution is 7.09. The standard InChI is InChI=1S/C16H12N6OS/c1-11-20-12(9-24-11)7-18-21-10-17-15-14(16(21)23)8-19-22(15)13-5-3-2-4-6-13/h2-10H,1H3/b18-7-. The van der Waals surface area contributed by atoms with Crippen LogP contribution in [0.25, 0.3) is 16.7 Å². The van der Waals surface area contributed by atoms with Gasteiger partial charge in [0.25, 0.3) is 5.56 Å². The molecule has 4 aromatic rings. The number of hydrogen-bond donors (Lipinski definition) is 0. The Labute approximate surface area is 140 Å². The third-order valence-corrected chi connectivity index (χ3v) is 4.22. The maximum atomic E-state index is 12.5. The van der Waals surface area contributed by atoms with Gasteiger partial charge in [-0.25, -0.2) is 14.6 Å². The highest BCUT2D eigenvalue weighted by Gasteiger charge is 2.10. The molecule has 0 spiro atoms. The molecule has 3 heterocycles. The quantitative estimate of drug-likeness (QED) is 0.538. The summed E-state index contributed by atoms with van der Waals surface area (Å²) in [7, 11) is 0. The zero-order valence-corrected chi connectivity index (χ0v) is 13.5. The first-order valence-electron chi connectivity index (χ1n) is 7.20. The molecule has 0 N–H and O–H groups in total. The maximum absolute atomic E-state index is 12.5. The molecule has 24 heavy (non-hydrogen) atoms.